The fraction of sp³-hybridized carbons (Fsp3) is 0.571. The van der Waals surface area contributed by atoms with Crippen LogP contribution < -0.4 is 20.5 Å². The topological polar surface area (TPSA) is 65.7 Å². The second-order valence-electron chi connectivity index (χ2n) is 5.14. The summed E-state index contributed by atoms with van der Waals surface area (Å²) in [7, 11) is 3.21. The molecule has 0 saturated carbocycles. The molecule has 1 unspecified atom stereocenters. The molecule has 1 heterocycles. The molecule has 5 nitrogen and oxygen atoms in total. The Bertz CT molecular complexity index is 443. The van der Waals surface area contributed by atoms with Crippen LogP contribution in [0.4, 0.5) is 11.4 Å². The zero-order valence-corrected chi connectivity index (χ0v) is 11.8. The van der Waals surface area contributed by atoms with Crippen LogP contribution in [0.3, 0.4) is 0 Å². The molecule has 1 fully saturated rings. The van der Waals surface area contributed by atoms with E-state index in [9.17, 15) is 0 Å². The smallest absolute Gasteiger partial charge is 0.162 e. The van der Waals surface area contributed by atoms with Crippen LogP contribution >= 0.6 is 0 Å². The molecule has 0 bridgehead atoms. The molecular weight excluding hydrogens is 244 g/mol. The monoisotopic (exact) mass is 266 g/mol. The van der Waals surface area contributed by atoms with Crippen molar-refractivity contribution in [2.75, 3.05) is 38.5 Å². The van der Waals surface area contributed by atoms with Crippen LogP contribution in [0.2, 0.25) is 0 Å². The van der Waals surface area contributed by atoms with Gasteiger partial charge in [0.2, 0.25) is 0 Å². The summed E-state index contributed by atoms with van der Waals surface area (Å²) in [5.74, 6) is 1.30. The molecule has 2 rings (SSSR count). The number of benzene rings is 1. The maximum atomic E-state index is 6.06. The Morgan fingerprint density at radius 3 is 2.53 bits per heavy atom. The van der Waals surface area contributed by atoms with Gasteiger partial charge in [0.15, 0.2) is 11.5 Å². The molecule has 0 aliphatic carbocycles. The first-order valence-electron chi connectivity index (χ1n) is 6.45. The summed E-state index contributed by atoms with van der Waals surface area (Å²) >= 11 is 0. The van der Waals surface area contributed by atoms with Crippen LogP contribution in [0.1, 0.15) is 19.8 Å². The molecule has 1 aromatic rings. The maximum absolute atomic E-state index is 6.06. The summed E-state index contributed by atoms with van der Waals surface area (Å²) < 4.78 is 16.1. The predicted octanol–water partition coefficient (Wildman–Crippen LogP) is 2.27. The van der Waals surface area contributed by atoms with Crippen LogP contribution in [-0.2, 0) is 4.74 Å². The lowest BCUT2D eigenvalue weighted by Gasteiger charge is -2.35. The van der Waals surface area contributed by atoms with Gasteiger partial charge in [-0.05, 0) is 19.8 Å². The number of anilines is 2. The number of hydrogen-bond donors (Lipinski definition) is 2. The Morgan fingerprint density at radius 1 is 1.26 bits per heavy atom. The highest BCUT2D eigenvalue weighted by molar-refractivity contribution is 5.72. The Labute approximate surface area is 114 Å². The van der Waals surface area contributed by atoms with Crippen molar-refractivity contribution in [1.82, 2.24) is 0 Å². The van der Waals surface area contributed by atoms with E-state index in [0.29, 0.717) is 23.8 Å². The third kappa shape index (κ3) is 3.04. The summed E-state index contributed by atoms with van der Waals surface area (Å²) in [4.78, 5) is 0. The lowest BCUT2D eigenvalue weighted by Crippen LogP contribution is -2.43. The Morgan fingerprint density at radius 2 is 1.95 bits per heavy atom. The first-order chi connectivity index (χ1) is 9.08. The molecule has 5 heteroatoms. The van der Waals surface area contributed by atoms with Gasteiger partial charge in [-0.2, -0.15) is 0 Å². The molecule has 0 amide bonds. The first-order valence-corrected chi connectivity index (χ1v) is 6.45. The summed E-state index contributed by atoms with van der Waals surface area (Å²) in [5, 5.41) is 3.47. The highest BCUT2D eigenvalue weighted by Crippen LogP contribution is 2.37. The third-order valence-electron chi connectivity index (χ3n) is 3.43. The van der Waals surface area contributed by atoms with E-state index in [4.69, 9.17) is 19.9 Å². The Kier molecular flexibility index (Phi) is 4.04. The van der Waals surface area contributed by atoms with Crippen molar-refractivity contribution in [3.63, 3.8) is 0 Å². The van der Waals surface area contributed by atoms with Crippen LogP contribution in [0.5, 0.6) is 11.5 Å². The zero-order valence-electron chi connectivity index (χ0n) is 11.8. The maximum Gasteiger partial charge on any atom is 0.162 e. The summed E-state index contributed by atoms with van der Waals surface area (Å²) in [6, 6.07) is 3.64. The van der Waals surface area contributed by atoms with Gasteiger partial charge in [0.25, 0.3) is 0 Å². The molecule has 1 aliphatic rings. The summed E-state index contributed by atoms with van der Waals surface area (Å²) in [6.07, 6.45) is 2.11. The lowest BCUT2D eigenvalue weighted by atomic mass is 9.94. The van der Waals surface area contributed by atoms with Crippen molar-refractivity contribution in [1.29, 1.82) is 0 Å². The Hall–Kier alpha value is -1.62. The molecule has 3 N–H and O–H groups in total. The molecule has 0 radical (unpaired) electrons. The van der Waals surface area contributed by atoms with Crippen LogP contribution in [0.15, 0.2) is 12.1 Å². The molecule has 1 saturated heterocycles. The van der Waals surface area contributed by atoms with Crippen molar-refractivity contribution >= 4 is 11.4 Å². The van der Waals surface area contributed by atoms with E-state index in [1.54, 1.807) is 20.3 Å². The second-order valence-corrected chi connectivity index (χ2v) is 5.14. The van der Waals surface area contributed by atoms with Crippen LogP contribution in [0.25, 0.3) is 0 Å². The highest BCUT2D eigenvalue weighted by atomic mass is 16.5. The first kappa shape index (κ1) is 13.8. The molecular formula is C14H22N2O3. The number of hydrogen-bond acceptors (Lipinski definition) is 5. The van der Waals surface area contributed by atoms with Crippen molar-refractivity contribution in [3.05, 3.63) is 12.1 Å². The second kappa shape index (κ2) is 5.57. The van der Waals surface area contributed by atoms with E-state index in [0.717, 1.165) is 25.1 Å². The van der Waals surface area contributed by atoms with Gasteiger partial charge < -0.3 is 25.3 Å². The average molecular weight is 266 g/mol. The molecule has 106 valence electrons. The number of nitrogen functional groups attached to an aromatic ring is 1. The van der Waals surface area contributed by atoms with E-state index in [1.807, 2.05) is 6.07 Å². The number of nitrogens with two attached hydrogens (primary N) is 1. The fourth-order valence-electron chi connectivity index (χ4n) is 2.36. The molecule has 0 spiro atoms. The quantitative estimate of drug-likeness (QED) is 0.818. The van der Waals surface area contributed by atoms with Gasteiger partial charge in [-0.25, -0.2) is 0 Å². The van der Waals surface area contributed by atoms with Crippen LogP contribution in [0, 0.1) is 0 Å². The number of ether oxygens (including phenoxy) is 3. The largest absolute Gasteiger partial charge is 0.493 e. The molecule has 1 atom stereocenters. The van der Waals surface area contributed by atoms with Gasteiger partial charge in [-0.15, -0.1) is 0 Å². The molecule has 19 heavy (non-hydrogen) atoms. The average Bonchev–Trinajstić information content (AvgIpc) is 2.41. The SMILES string of the molecule is COc1cc(N)c(NC2(C)CCCOC2)cc1OC. The van der Waals surface area contributed by atoms with Gasteiger partial charge in [0.05, 0.1) is 37.7 Å². The minimum atomic E-state index is -0.0913. The van der Waals surface area contributed by atoms with Crippen molar-refractivity contribution in [2.24, 2.45) is 0 Å². The summed E-state index contributed by atoms with van der Waals surface area (Å²) in [5.41, 5.74) is 7.46. The summed E-state index contributed by atoms with van der Waals surface area (Å²) in [6.45, 7) is 3.65. The number of nitrogens with one attached hydrogen (secondary N) is 1. The van der Waals surface area contributed by atoms with E-state index in [-0.39, 0.29) is 5.54 Å². The van der Waals surface area contributed by atoms with Gasteiger partial charge in [0, 0.05) is 18.7 Å². The van der Waals surface area contributed by atoms with E-state index in [1.165, 1.54) is 0 Å². The molecule has 1 aromatic carbocycles. The van der Waals surface area contributed by atoms with Crippen molar-refractivity contribution in [2.45, 2.75) is 25.3 Å². The number of rotatable bonds is 4. The number of methoxy groups -OCH3 is 2. The minimum absolute atomic E-state index is 0.0913. The normalized spacial score (nSPS) is 22.9. The zero-order chi connectivity index (χ0) is 13.9. The van der Waals surface area contributed by atoms with Gasteiger partial charge in [0.1, 0.15) is 0 Å². The predicted molar refractivity (Wildman–Crippen MR) is 76.0 cm³/mol. The highest BCUT2D eigenvalue weighted by Gasteiger charge is 2.28. The van der Waals surface area contributed by atoms with Gasteiger partial charge in [-0.1, -0.05) is 0 Å². The van der Waals surface area contributed by atoms with E-state index >= 15 is 0 Å². The minimum Gasteiger partial charge on any atom is -0.493 e. The Balaban J connectivity index is 2.24. The third-order valence-corrected chi connectivity index (χ3v) is 3.43. The van der Waals surface area contributed by atoms with E-state index < -0.39 is 0 Å². The van der Waals surface area contributed by atoms with Crippen molar-refractivity contribution in [3.8, 4) is 11.5 Å². The van der Waals surface area contributed by atoms with E-state index in [2.05, 4.69) is 12.2 Å². The standard InChI is InChI=1S/C14H22N2O3/c1-14(5-4-6-19-9-14)16-11-8-13(18-3)12(17-2)7-10(11)15/h7-8,16H,4-6,9,15H2,1-3H3. The van der Waals surface area contributed by atoms with Gasteiger partial charge in [-0.3, -0.25) is 0 Å². The lowest BCUT2D eigenvalue weighted by molar-refractivity contribution is 0.0540. The molecule has 1 aliphatic heterocycles. The van der Waals surface area contributed by atoms with Gasteiger partial charge >= 0.3 is 0 Å². The molecule has 0 aromatic heterocycles. The van der Waals surface area contributed by atoms with Crippen molar-refractivity contribution < 1.29 is 14.2 Å². The van der Waals surface area contributed by atoms with Crippen LogP contribution in [-0.4, -0.2) is 33.0 Å². The fourth-order valence-corrected chi connectivity index (χ4v) is 2.36.